The highest BCUT2D eigenvalue weighted by Crippen LogP contribution is 2.19. The van der Waals surface area contributed by atoms with Gasteiger partial charge in [-0.15, -0.1) is 11.8 Å². The molecule has 0 spiro atoms. The maximum atomic E-state index is 12.2. The van der Waals surface area contributed by atoms with Gasteiger partial charge in [-0.25, -0.2) is 4.79 Å². The minimum atomic E-state index is -0.529. The van der Waals surface area contributed by atoms with E-state index in [9.17, 15) is 9.59 Å². The average Bonchev–Trinajstić information content (AvgIpc) is 2.61. The number of thioether (sulfide) groups is 1. The number of anilines is 1. The van der Waals surface area contributed by atoms with Crippen molar-refractivity contribution < 1.29 is 14.3 Å². The number of hydrogen-bond acceptors (Lipinski definition) is 4. The van der Waals surface area contributed by atoms with Gasteiger partial charge in [0.25, 0.3) is 0 Å². The molecule has 0 heterocycles. The summed E-state index contributed by atoms with van der Waals surface area (Å²) < 4.78 is 5.36. The third-order valence-electron chi connectivity index (χ3n) is 3.68. The van der Waals surface area contributed by atoms with Crippen molar-refractivity contribution in [1.29, 1.82) is 0 Å². The summed E-state index contributed by atoms with van der Waals surface area (Å²) in [5, 5.41) is 2.92. The number of carbonyl (C=O) groups excluding carboxylic acids is 2. The SMILES string of the molecule is CN(Cc1cccc(NC(=O)CCSc2ccccc2)c1)C(=O)OC(C)(C)C. The van der Waals surface area contributed by atoms with Gasteiger partial charge in [0.05, 0.1) is 0 Å². The molecule has 2 aromatic rings. The zero-order chi connectivity index (χ0) is 20.6. The number of rotatable bonds is 7. The Morgan fingerprint density at radius 1 is 1.07 bits per heavy atom. The molecule has 28 heavy (non-hydrogen) atoms. The number of amides is 2. The zero-order valence-electron chi connectivity index (χ0n) is 16.9. The lowest BCUT2D eigenvalue weighted by molar-refractivity contribution is -0.115. The summed E-state index contributed by atoms with van der Waals surface area (Å²) in [7, 11) is 1.69. The number of nitrogens with one attached hydrogen (secondary N) is 1. The largest absolute Gasteiger partial charge is 0.444 e. The number of ether oxygens (including phenoxy) is 1. The van der Waals surface area contributed by atoms with Crippen LogP contribution in [0.4, 0.5) is 10.5 Å². The summed E-state index contributed by atoms with van der Waals surface area (Å²) in [6, 6.07) is 17.5. The third-order valence-corrected chi connectivity index (χ3v) is 4.69. The Bertz CT molecular complexity index is 788. The standard InChI is InChI=1S/C22H28N2O3S/c1-22(2,3)27-21(26)24(4)16-17-9-8-10-18(15-17)23-20(25)13-14-28-19-11-6-5-7-12-19/h5-12,15H,13-14,16H2,1-4H3,(H,23,25). The Hall–Kier alpha value is -2.47. The van der Waals surface area contributed by atoms with E-state index in [0.29, 0.717) is 13.0 Å². The monoisotopic (exact) mass is 400 g/mol. The molecule has 0 saturated carbocycles. The summed E-state index contributed by atoms with van der Waals surface area (Å²) >= 11 is 1.66. The lowest BCUT2D eigenvalue weighted by Crippen LogP contribution is -2.33. The Labute approximate surface area is 171 Å². The predicted molar refractivity (Wildman–Crippen MR) is 115 cm³/mol. The van der Waals surface area contributed by atoms with Gasteiger partial charge in [-0.3, -0.25) is 4.79 Å². The fraction of sp³-hybridized carbons (Fsp3) is 0.364. The molecular formula is C22H28N2O3S. The van der Waals surface area contributed by atoms with E-state index in [0.717, 1.165) is 21.9 Å². The molecule has 1 N–H and O–H groups in total. The third kappa shape index (κ3) is 8.05. The minimum Gasteiger partial charge on any atom is -0.444 e. The molecule has 0 bridgehead atoms. The van der Waals surface area contributed by atoms with Crippen LogP contribution >= 0.6 is 11.8 Å². The molecule has 0 radical (unpaired) electrons. The number of benzene rings is 2. The molecular weight excluding hydrogens is 372 g/mol. The molecule has 5 nitrogen and oxygen atoms in total. The molecule has 0 unspecified atom stereocenters. The highest BCUT2D eigenvalue weighted by molar-refractivity contribution is 7.99. The topological polar surface area (TPSA) is 58.6 Å². The lowest BCUT2D eigenvalue weighted by atomic mass is 10.2. The van der Waals surface area contributed by atoms with Crippen molar-refractivity contribution in [3.05, 3.63) is 60.2 Å². The molecule has 2 rings (SSSR count). The van der Waals surface area contributed by atoms with Gasteiger partial charge in [-0.05, 0) is 50.6 Å². The minimum absolute atomic E-state index is 0.0268. The maximum Gasteiger partial charge on any atom is 0.410 e. The van der Waals surface area contributed by atoms with Gasteiger partial charge >= 0.3 is 6.09 Å². The van der Waals surface area contributed by atoms with Crippen molar-refractivity contribution in [3.63, 3.8) is 0 Å². The highest BCUT2D eigenvalue weighted by Gasteiger charge is 2.19. The fourth-order valence-electron chi connectivity index (χ4n) is 2.43. The Kier molecular flexibility index (Phi) is 7.93. The Morgan fingerprint density at radius 3 is 2.46 bits per heavy atom. The van der Waals surface area contributed by atoms with Crippen molar-refractivity contribution in [3.8, 4) is 0 Å². The van der Waals surface area contributed by atoms with E-state index in [1.807, 2.05) is 75.4 Å². The molecule has 0 aliphatic rings. The van der Waals surface area contributed by atoms with Gasteiger partial charge in [-0.1, -0.05) is 30.3 Å². The van der Waals surface area contributed by atoms with E-state index < -0.39 is 5.60 Å². The van der Waals surface area contributed by atoms with E-state index in [-0.39, 0.29) is 12.0 Å². The van der Waals surface area contributed by atoms with E-state index in [4.69, 9.17) is 4.74 Å². The van der Waals surface area contributed by atoms with Crippen LogP contribution in [0.5, 0.6) is 0 Å². The summed E-state index contributed by atoms with van der Waals surface area (Å²) in [6.07, 6.45) is 0.0570. The summed E-state index contributed by atoms with van der Waals surface area (Å²) in [4.78, 5) is 27.0. The smallest absolute Gasteiger partial charge is 0.410 e. The van der Waals surface area contributed by atoms with Crippen LogP contribution in [-0.2, 0) is 16.1 Å². The number of hydrogen-bond donors (Lipinski definition) is 1. The molecule has 150 valence electrons. The van der Waals surface area contributed by atoms with Gasteiger partial charge < -0.3 is 15.0 Å². The number of nitrogens with zero attached hydrogens (tertiary/aromatic N) is 1. The first-order valence-electron chi connectivity index (χ1n) is 9.24. The lowest BCUT2D eigenvalue weighted by Gasteiger charge is -2.24. The molecule has 0 aromatic heterocycles. The first-order chi connectivity index (χ1) is 13.2. The second-order valence-corrected chi connectivity index (χ2v) is 8.66. The predicted octanol–water partition coefficient (Wildman–Crippen LogP) is 5.17. The van der Waals surface area contributed by atoms with E-state index in [1.165, 1.54) is 4.90 Å². The summed E-state index contributed by atoms with van der Waals surface area (Å²) in [6.45, 7) is 5.92. The van der Waals surface area contributed by atoms with Gasteiger partial charge in [0.1, 0.15) is 5.60 Å². The quantitative estimate of drug-likeness (QED) is 0.651. The van der Waals surface area contributed by atoms with Crippen LogP contribution < -0.4 is 5.32 Å². The van der Waals surface area contributed by atoms with Gasteiger partial charge in [-0.2, -0.15) is 0 Å². The van der Waals surface area contributed by atoms with Crippen molar-refractivity contribution >= 4 is 29.4 Å². The van der Waals surface area contributed by atoms with E-state index >= 15 is 0 Å². The van der Waals surface area contributed by atoms with Crippen LogP contribution in [0.3, 0.4) is 0 Å². The van der Waals surface area contributed by atoms with Crippen molar-refractivity contribution in [2.75, 3.05) is 18.1 Å². The molecule has 0 aliphatic carbocycles. The van der Waals surface area contributed by atoms with Crippen LogP contribution in [0.1, 0.15) is 32.8 Å². The van der Waals surface area contributed by atoms with Gasteiger partial charge in [0.2, 0.25) is 5.91 Å². The molecule has 0 saturated heterocycles. The highest BCUT2D eigenvalue weighted by atomic mass is 32.2. The molecule has 0 fully saturated rings. The van der Waals surface area contributed by atoms with Gasteiger partial charge in [0, 0.05) is 36.3 Å². The normalized spacial score (nSPS) is 11.0. The maximum absolute atomic E-state index is 12.2. The Morgan fingerprint density at radius 2 is 1.79 bits per heavy atom. The van der Waals surface area contributed by atoms with Crippen molar-refractivity contribution in [2.24, 2.45) is 0 Å². The molecule has 2 aromatic carbocycles. The molecule has 6 heteroatoms. The van der Waals surface area contributed by atoms with Crippen molar-refractivity contribution in [2.45, 2.75) is 44.2 Å². The summed E-state index contributed by atoms with van der Waals surface area (Å²) in [5.74, 6) is 0.692. The molecule has 0 atom stereocenters. The van der Waals surface area contributed by atoms with Crippen LogP contribution in [0.2, 0.25) is 0 Å². The second kappa shape index (κ2) is 10.2. The molecule has 2 amide bonds. The summed E-state index contributed by atoms with van der Waals surface area (Å²) in [5.41, 5.74) is 1.12. The average molecular weight is 401 g/mol. The van der Waals surface area contributed by atoms with Crippen LogP contribution in [0.25, 0.3) is 0 Å². The number of carbonyl (C=O) groups is 2. The fourth-order valence-corrected chi connectivity index (χ4v) is 3.30. The van der Waals surface area contributed by atoms with Gasteiger partial charge in [0.15, 0.2) is 0 Å². The second-order valence-electron chi connectivity index (χ2n) is 7.50. The van der Waals surface area contributed by atoms with Crippen LogP contribution in [0.15, 0.2) is 59.5 Å². The zero-order valence-corrected chi connectivity index (χ0v) is 17.7. The first-order valence-corrected chi connectivity index (χ1v) is 10.2. The van der Waals surface area contributed by atoms with E-state index in [2.05, 4.69) is 5.32 Å². The van der Waals surface area contributed by atoms with Crippen LogP contribution in [-0.4, -0.2) is 35.3 Å². The van der Waals surface area contributed by atoms with Crippen molar-refractivity contribution in [1.82, 2.24) is 4.90 Å². The van der Waals surface area contributed by atoms with E-state index in [1.54, 1.807) is 18.8 Å². The first kappa shape index (κ1) is 21.8. The Balaban J connectivity index is 1.83. The van der Waals surface area contributed by atoms with Crippen LogP contribution in [0, 0.1) is 0 Å². The molecule has 0 aliphatic heterocycles.